The minimum atomic E-state index is 0.0675. The maximum atomic E-state index is 10.4. The van der Waals surface area contributed by atoms with Gasteiger partial charge in [0.25, 0.3) is 0 Å². The molecule has 22 heavy (non-hydrogen) atoms. The molecule has 0 unspecified atom stereocenters. The fourth-order valence-corrected chi connectivity index (χ4v) is 2.60. The van der Waals surface area contributed by atoms with Crippen molar-refractivity contribution in [1.82, 2.24) is 0 Å². The number of aromatic hydroxyl groups is 1. The molecule has 1 heteroatoms. The highest BCUT2D eigenvalue weighted by molar-refractivity contribution is 5.74. The van der Waals surface area contributed by atoms with Crippen molar-refractivity contribution in [3.63, 3.8) is 0 Å². The summed E-state index contributed by atoms with van der Waals surface area (Å²) in [5, 5.41) is 10.4. The quantitative estimate of drug-likeness (QED) is 0.688. The van der Waals surface area contributed by atoms with Crippen LogP contribution in [0.25, 0.3) is 11.1 Å². The summed E-state index contributed by atoms with van der Waals surface area (Å²) in [5.41, 5.74) is 5.92. The normalized spacial score (nSPS) is 12.5. The van der Waals surface area contributed by atoms with Crippen LogP contribution in [0, 0.1) is 6.92 Å². The predicted molar refractivity (Wildman–Crippen MR) is 95.7 cm³/mol. The molecule has 118 valence electrons. The highest BCUT2D eigenvalue weighted by atomic mass is 16.3. The third-order valence-corrected chi connectivity index (χ3v) is 4.26. The zero-order chi connectivity index (χ0) is 16.7. The summed E-state index contributed by atoms with van der Waals surface area (Å²) < 4.78 is 0. The highest BCUT2D eigenvalue weighted by Gasteiger charge is 2.19. The zero-order valence-corrected chi connectivity index (χ0v) is 14.9. The Kier molecular flexibility index (Phi) is 4.12. The Morgan fingerprint density at radius 3 is 1.64 bits per heavy atom. The predicted octanol–water partition coefficient (Wildman–Crippen LogP) is 5.96. The Bertz CT molecular complexity index is 621. The van der Waals surface area contributed by atoms with Gasteiger partial charge in [0.05, 0.1) is 0 Å². The van der Waals surface area contributed by atoms with Gasteiger partial charge in [0.1, 0.15) is 5.75 Å². The monoisotopic (exact) mass is 296 g/mol. The number of phenolic OH excluding ortho intramolecular Hbond substituents is 1. The molecule has 0 bridgehead atoms. The van der Waals surface area contributed by atoms with E-state index in [4.69, 9.17) is 0 Å². The van der Waals surface area contributed by atoms with Gasteiger partial charge in [-0.15, -0.1) is 0 Å². The number of aryl methyl sites for hydroxylation is 1. The lowest BCUT2D eigenvalue weighted by atomic mass is 9.82. The van der Waals surface area contributed by atoms with Crippen molar-refractivity contribution >= 4 is 0 Å². The number of phenols is 1. The van der Waals surface area contributed by atoms with E-state index < -0.39 is 0 Å². The molecule has 0 aromatic heterocycles. The molecule has 2 aromatic carbocycles. The summed E-state index contributed by atoms with van der Waals surface area (Å²) in [5.74, 6) is 0.349. The van der Waals surface area contributed by atoms with Gasteiger partial charge >= 0.3 is 0 Å². The first kappa shape index (κ1) is 16.6. The molecule has 0 aliphatic carbocycles. The Morgan fingerprint density at radius 1 is 0.682 bits per heavy atom. The third kappa shape index (κ3) is 3.35. The number of benzene rings is 2. The number of hydrogen-bond acceptors (Lipinski definition) is 1. The first-order chi connectivity index (χ1) is 10.00. The van der Waals surface area contributed by atoms with Gasteiger partial charge in [-0.25, -0.2) is 0 Å². The lowest BCUT2D eigenvalue weighted by Gasteiger charge is -2.23. The van der Waals surface area contributed by atoms with Gasteiger partial charge in [-0.1, -0.05) is 65.8 Å². The molecule has 0 spiro atoms. The highest BCUT2D eigenvalue weighted by Crippen LogP contribution is 2.37. The van der Waals surface area contributed by atoms with E-state index in [-0.39, 0.29) is 10.8 Å². The van der Waals surface area contributed by atoms with Crippen molar-refractivity contribution in [1.29, 1.82) is 0 Å². The molecule has 0 radical (unpaired) electrons. The van der Waals surface area contributed by atoms with Crippen LogP contribution in [0.15, 0.2) is 36.4 Å². The number of rotatable bonds is 1. The van der Waals surface area contributed by atoms with Crippen molar-refractivity contribution in [2.45, 2.75) is 59.3 Å². The van der Waals surface area contributed by atoms with Crippen LogP contribution in [-0.2, 0) is 10.8 Å². The fourth-order valence-electron chi connectivity index (χ4n) is 2.60. The van der Waals surface area contributed by atoms with Gasteiger partial charge in [-0.2, -0.15) is 0 Å². The van der Waals surface area contributed by atoms with Crippen molar-refractivity contribution in [2.24, 2.45) is 0 Å². The van der Waals surface area contributed by atoms with Crippen LogP contribution in [0.5, 0.6) is 5.75 Å². The van der Waals surface area contributed by atoms with Gasteiger partial charge in [0, 0.05) is 5.56 Å². The van der Waals surface area contributed by atoms with Crippen molar-refractivity contribution in [2.75, 3.05) is 0 Å². The van der Waals surface area contributed by atoms with Crippen LogP contribution >= 0.6 is 0 Å². The Hall–Kier alpha value is -1.76. The van der Waals surface area contributed by atoms with Gasteiger partial charge in [0.15, 0.2) is 0 Å². The first-order valence-corrected chi connectivity index (χ1v) is 7.95. The van der Waals surface area contributed by atoms with Crippen LogP contribution in [0.1, 0.15) is 58.2 Å². The van der Waals surface area contributed by atoms with Crippen LogP contribution in [-0.4, -0.2) is 5.11 Å². The van der Waals surface area contributed by atoms with Crippen molar-refractivity contribution in [3.8, 4) is 16.9 Å². The molecule has 0 atom stereocenters. The zero-order valence-electron chi connectivity index (χ0n) is 14.9. The van der Waals surface area contributed by atoms with E-state index >= 15 is 0 Å². The molecule has 2 rings (SSSR count). The summed E-state index contributed by atoms with van der Waals surface area (Å²) in [7, 11) is 0. The summed E-state index contributed by atoms with van der Waals surface area (Å²) in [6, 6.07) is 12.5. The van der Waals surface area contributed by atoms with Crippen LogP contribution in [0.3, 0.4) is 0 Å². The minimum absolute atomic E-state index is 0.0675. The fraction of sp³-hybridized carbons (Fsp3) is 0.429. The molecule has 1 nitrogen and oxygen atoms in total. The molecule has 0 amide bonds. The Balaban J connectivity index is 2.66. The van der Waals surface area contributed by atoms with Crippen LogP contribution < -0.4 is 0 Å². The van der Waals surface area contributed by atoms with Crippen molar-refractivity contribution in [3.05, 3.63) is 53.1 Å². The van der Waals surface area contributed by atoms with Gasteiger partial charge < -0.3 is 5.11 Å². The van der Waals surface area contributed by atoms with E-state index in [9.17, 15) is 5.11 Å². The standard InChI is InChI=1S/C21H28O/c1-14-8-9-15(20(2,3)4)12-17(14)18-13-16(21(5,6)7)10-11-19(18)22/h8-13,22H,1-7H3. The summed E-state index contributed by atoms with van der Waals surface area (Å²) in [4.78, 5) is 0. The second-order valence-electron chi connectivity index (χ2n) is 8.26. The average molecular weight is 296 g/mol. The molecular weight excluding hydrogens is 268 g/mol. The lowest BCUT2D eigenvalue weighted by molar-refractivity contribution is 0.476. The Labute approximate surface area is 135 Å². The molecule has 0 aliphatic heterocycles. The van der Waals surface area contributed by atoms with Crippen LogP contribution in [0.4, 0.5) is 0 Å². The molecule has 2 aromatic rings. The van der Waals surface area contributed by atoms with Gasteiger partial charge in [-0.3, -0.25) is 0 Å². The minimum Gasteiger partial charge on any atom is -0.507 e. The maximum absolute atomic E-state index is 10.4. The molecule has 0 saturated carbocycles. The SMILES string of the molecule is Cc1ccc(C(C)(C)C)cc1-c1cc(C(C)(C)C)ccc1O. The van der Waals surface area contributed by atoms with Crippen LogP contribution in [0.2, 0.25) is 0 Å². The van der Waals surface area contributed by atoms with E-state index in [0.29, 0.717) is 5.75 Å². The second kappa shape index (κ2) is 5.46. The van der Waals surface area contributed by atoms with E-state index in [1.54, 1.807) is 0 Å². The smallest absolute Gasteiger partial charge is 0.123 e. The molecule has 0 heterocycles. The summed E-state index contributed by atoms with van der Waals surface area (Å²) in [6.07, 6.45) is 0. The summed E-state index contributed by atoms with van der Waals surface area (Å²) >= 11 is 0. The first-order valence-electron chi connectivity index (χ1n) is 7.95. The average Bonchev–Trinajstić information content (AvgIpc) is 2.37. The molecule has 0 saturated heterocycles. The maximum Gasteiger partial charge on any atom is 0.123 e. The molecule has 1 N–H and O–H groups in total. The summed E-state index contributed by atoms with van der Waals surface area (Å²) in [6.45, 7) is 15.3. The largest absolute Gasteiger partial charge is 0.507 e. The lowest BCUT2D eigenvalue weighted by Crippen LogP contribution is -2.12. The molecular formula is C21H28O. The Morgan fingerprint density at radius 2 is 1.14 bits per heavy atom. The van der Waals surface area contributed by atoms with E-state index in [0.717, 1.165) is 11.1 Å². The topological polar surface area (TPSA) is 20.2 Å². The van der Waals surface area contributed by atoms with Gasteiger partial charge in [0.2, 0.25) is 0 Å². The van der Waals surface area contributed by atoms with E-state index in [2.05, 4.69) is 72.7 Å². The van der Waals surface area contributed by atoms with Crippen molar-refractivity contribution < 1.29 is 5.11 Å². The molecule has 0 aliphatic rings. The number of hydrogen-bond donors (Lipinski definition) is 1. The third-order valence-electron chi connectivity index (χ3n) is 4.26. The van der Waals surface area contributed by atoms with E-state index in [1.165, 1.54) is 16.7 Å². The van der Waals surface area contributed by atoms with Gasteiger partial charge in [-0.05, 0) is 52.1 Å². The molecule has 0 fully saturated rings. The van der Waals surface area contributed by atoms with E-state index in [1.807, 2.05) is 12.1 Å². The second-order valence-corrected chi connectivity index (χ2v) is 8.26.